The molecule has 78 valence electrons. The average Bonchev–Trinajstić information content (AvgIpc) is 3.02. The van der Waals surface area contributed by atoms with Crippen LogP contribution in [0.25, 0.3) is 0 Å². The first kappa shape index (κ1) is 10.1. The second-order valence-corrected chi connectivity index (χ2v) is 4.09. The molecule has 0 saturated heterocycles. The van der Waals surface area contributed by atoms with Crippen LogP contribution < -0.4 is 5.32 Å². The van der Waals surface area contributed by atoms with E-state index >= 15 is 0 Å². The summed E-state index contributed by atoms with van der Waals surface area (Å²) in [5.41, 5.74) is 1.37. The summed E-state index contributed by atoms with van der Waals surface area (Å²) in [6.45, 7) is 0. The van der Waals surface area contributed by atoms with Gasteiger partial charge < -0.3 is 9.87 Å². The highest BCUT2D eigenvalue weighted by atomic mass is 32.2. The van der Waals surface area contributed by atoms with Crippen molar-refractivity contribution in [2.75, 3.05) is 0 Å². The SMILES string of the molecule is O=C(NC1=CC1)c1ccc(S(=O)[O-])cc1. The maximum Gasteiger partial charge on any atom is 0.255 e. The molecule has 0 heterocycles. The highest BCUT2D eigenvalue weighted by Crippen LogP contribution is 2.15. The van der Waals surface area contributed by atoms with Crippen molar-refractivity contribution in [1.82, 2.24) is 5.32 Å². The molecular formula is C10H8NO3S-. The highest BCUT2D eigenvalue weighted by Gasteiger charge is 2.12. The lowest BCUT2D eigenvalue weighted by Gasteiger charge is -2.05. The summed E-state index contributed by atoms with van der Waals surface area (Å²) in [6.07, 6.45) is 2.73. The second kappa shape index (κ2) is 3.96. The number of hydrogen-bond acceptors (Lipinski definition) is 3. The molecular weight excluding hydrogens is 214 g/mol. The van der Waals surface area contributed by atoms with Crippen molar-refractivity contribution in [3.05, 3.63) is 41.6 Å². The maximum absolute atomic E-state index is 11.5. The van der Waals surface area contributed by atoms with Crippen molar-refractivity contribution < 1.29 is 13.6 Å². The molecule has 0 aromatic heterocycles. The van der Waals surface area contributed by atoms with Crippen molar-refractivity contribution in [1.29, 1.82) is 0 Å². The fourth-order valence-corrected chi connectivity index (χ4v) is 1.45. The summed E-state index contributed by atoms with van der Waals surface area (Å²) in [4.78, 5) is 11.6. The van der Waals surface area contributed by atoms with Crippen molar-refractivity contribution >= 4 is 17.0 Å². The van der Waals surface area contributed by atoms with Gasteiger partial charge in [-0.1, -0.05) is 6.08 Å². The van der Waals surface area contributed by atoms with Gasteiger partial charge in [-0.05, 0) is 35.3 Å². The monoisotopic (exact) mass is 222 g/mol. The van der Waals surface area contributed by atoms with E-state index in [1.807, 2.05) is 6.08 Å². The molecule has 0 aliphatic heterocycles. The van der Waals surface area contributed by atoms with E-state index in [-0.39, 0.29) is 10.8 Å². The first-order valence-corrected chi connectivity index (χ1v) is 5.44. The van der Waals surface area contributed by atoms with Gasteiger partial charge in [-0.15, -0.1) is 0 Å². The van der Waals surface area contributed by atoms with Crippen LogP contribution in [0.5, 0.6) is 0 Å². The molecule has 1 aliphatic carbocycles. The van der Waals surface area contributed by atoms with Gasteiger partial charge in [0.1, 0.15) is 0 Å². The number of carbonyl (C=O) groups excluding carboxylic acids is 1. The molecule has 1 amide bonds. The van der Waals surface area contributed by atoms with Crippen LogP contribution in [0.4, 0.5) is 0 Å². The third-order valence-electron chi connectivity index (χ3n) is 1.99. The highest BCUT2D eigenvalue weighted by molar-refractivity contribution is 7.79. The fourth-order valence-electron chi connectivity index (χ4n) is 1.09. The van der Waals surface area contributed by atoms with E-state index in [1.54, 1.807) is 0 Å². The third kappa shape index (κ3) is 2.51. The van der Waals surface area contributed by atoms with Gasteiger partial charge in [-0.3, -0.25) is 9.00 Å². The molecule has 0 spiro atoms. The molecule has 0 bridgehead atoms. The topological polar surface area (TPSA) is 69.2 Å². The molecule has 1 aliphatic rings. The average molecular weight is 222 g/mol. The smallest absolute Gasteiger partial charge is 0.255 e. The van der Waals surface area contributed by atoms with Gasteiger partial charge in [0.2, 0.25) is 0 Å². The van der Waals surface area contributed by atoms with Gasteiger partial charge in [0, 0.05) is 22.6 Å². The lowest BCUT2D eigenvalue weighted by atomic mass is 10.2. The Balaban J connectivity index is 2.11. The number of benzene rings is 1. The zero-order valence-corrected chi connectivity index (χ0v) is 8.54. The van der Waals surface area contributed by atoms with Gasteiger partial charge in [-0.2, -0.15) is 0 Å². The summed E-state index contributed by atoms with van der Waals surface area (Å²) in [5.74, 6) is -0.206. The third-order valence-corrected chi connectivity index (χ3v) is 2.65. The lowest BCUT2D eigenvalue weighted by molar-refractivity contribution is 0.0967. The minimum atomic E-state index is -2.24. The second-order valence-electron chi connectivity index (χ2n) is 3.15. The van der Waals surface area contributed by atoms with E-state index in [0.29, 0.717) is 5.56 Å². The molecule has 0 fully saturated rings. The molecule has 2 rings (SSSR count). The van der Waals surface area contributed by atoms with E-state index < -0.39 is 11.1 Å². The van der Waals surface area contributed by atoms with E-state index in [9.17, 15) is 13.6 Å². The van der Waals surface area contributed by atoms with Gasteiger partial charge in [0.05, 0.1) is 0 Å². The Kier molecular flexibility index (Phi) is 2.66. The van der Waals surface area contributed by atoms with Crippen LogP contribution in [0.1, 0.15) is 16.8 Å². The first-order chi connectivity index (χ1) is 7.16. The molecule has 1 atom stereocenters. The molecule has 1 N–H and O–H groups in total. The molecule has 1 unspecified atom stereocenters. The predicted octanol–water partition coefficient (Wildman–Crippen LogP) is 0.942. The summed E-state index contributed by atoms with van der Waals surface area (Å²) in [7, 11) is 0. The Morgan fingerprint density at radius 1 is 1.33 bits per heavy atom. The summed E-state index contributed by atoms with van der Waals surface area (Å²) in [5, 5.41) is 2.69. The Bertz CT molecular complexity index is 450. The number of allylic oxidation sites excluding steroid dienone is 2. The summed E-state index contributed by atoms with van der Waals surface area (Å²) < 4.78 is 21.1. The minimum absolute atomic E-state index is 0.178. The van der Waals surface area contributed by atoms with Crippen LogP contribution in [0.3, 0.4) is 0 Å². The maximum atomic E-state index is 11.5. The van der Waals surface area contributed by atoms with Crippen LogP contribution >= 0.6 is 0 Å². The van der Waals surface area contributed by atoms with Crippen molar-refractivity contribution in [2.45, 2.75) is 11.3 Å². The van der Waals surface area contributed by atoms with Crippen LogP contribution in [0.15, 0.2) is 40.9 Å². The van der Waals surface area contributed by atoms with E-state index in [4.69, 9.17) is 0 Å². The quantitative estimate of drug-likeness (QED) is 0.774. The van der Waals surface area contributed by atoms with Crippen molar-refractivity contribution in [3.8, 4) is 0 Å². The normalized spacial score (nSPS) is 15.4. The Hall–Kier alpha value is -1.46. The van der Waals surface area contributed by atoms with Gasteiger partial charge in [-0.25, -0.2) is 0 Å². The molecule has 5 heteroatoms. The number of amides is 1. The van der Waals surface area contributed by atoms with Gasteiger partial charge in [0.25, 0.3) is 5.91 Å². The molecule has 15 heavy (non-hydrogen) atoms. The van der Waals surface area contributed by atoms with Crippen LogP contribution in [-0.4, -0.2) is 14.7 Å². The fraction of sp³-hybridized carbons (Fsp3) is 0.100. The van der Waals surface area contributed by atoms with Crippen LogP contribution in [-0.2, 0) is 11.1 Å². The predicted molar refractivity (Wildman–Crippen MR) is 53.8 cm³/mol. The first-order valence-electron chi connectivity index (χ1n) is 4.36. The standard InChI is InChI=1S/C10H9NO3S/c12-10(11-8-3-4-8)7-1-5-9(6-2-7)15(13)14/h1-3,5-6H,4H2,(H,11,12)(H,13,14)/p-1. The van der Waals surface area contributed by atoms with Crippen molar-refractivity contribution in [2.24, 2.45) is 0 Å². The zero-order valence-electron chi connectivity index (χ0n) is 7.73. The van der Waals surface area contributed by atoms with E-state index in [2.05, 4.69) is 5.32 Å². The largest absolute Gasteiger partial charge is 0.768 e. The minimum Gasteiger partial charge on any atom is -0.768 e. The van der Waals surface area contributed by atoms with Crippen molar-refractivity contribution in [3.63, 3.8) is 0 Å². The van der Waals surface area contributed by atoms with E-state index in [0.717, 1.165) is 12.1 Å². The van der Waals surface area contributed by atoms with E-state index in [1.165, 1.54) is 24.3 Å². The molecule has 4 nitrogen and oxygen atoms in total. The molecule has 1 aromatic rings. The van der Waals surface area contributed by atoms with Gasteiger partial charge >= 0.3 is 0 Å². The Morgan fingerprint density at radius 3 is 2.40 bits per heavy atom. The van der Waals surface area contributed by atoms with Gasteiger partial charge in [0.15, 0.2) is 0 Å². The molecule has 0 radical (unpaired) electrons. The number of nitrogens with one attached hydrogen (secondary N) is 1. The zero-order chi connectivity index (χ0) is 10.8. The summed E-state index contributed by atoms with van der Waals surface area (Å²) in [6, 6.07) is 5.78. The number of carbonyl (C=O) groups is 1. The molecule has 1 aromatic carbocycles. The number of hydrogen-bond donors (Lipinski definition) is 1. The Morgan fingerprint density at radius 2 is 1.93 bits per heavy atom. The summed E-state index contributed by atoms with van der Waals surface area (Å²) >= 11 is -2.24. The molecule has 0 saturated carbocycles. The van der Waals surface area contributed by atoms with Crippen LogP contribution in [0, 0.1) is 0 Å². The Labute approximate surface area is 89.3 Å². The van der Waals surface area contributed by atoms with Crippen LogP contribution in [0.2, 0.25) is 0 Å². The lowest BCUT2D eigenvalue weighted by Crippen LogP contribution is -2.18. The number of rotatable bonds is 3.